The second-order valence-electron chi connectivity index (χ2n) is 15.9. The lowest BCUT2D eigenvalue weighted by Gasteiger charge is -2.30. The number of para-hydroxylation sites is 2. The second kappa shape index (κ2) is 9.66. The van der Waals surface area contributed by atoms with E-state index in [1.807, 2.05) is 0 Å². The van der Waals surface area contributed by atoms with E-state index in [4.69, 9.17) is 4.42 Å². The van der Waals surface area contributed by atoms with Crippen molar-refractivity contribution in [3.8, 4) is 39.1 Å². The van der Waals surface area contributed by atoms with E-state index in [1.54, 1.807) is 0 Å². The van der Waals surface area contributed by atoms with Gasteiger partial charge in [-0.3, -0.25) is 0 Å². The lowest BCUT2D eigenvalue weighted by molar-refractivity contribution is 0.661. The summed E-state index contributed by atoms with van der Waals surface area (Å²) in [7, 11) is 0. The Bertz CT molecular complexity index is 3320. The van der Waals surface area contributed by atoms with Crippen LogP contribution < -0.4 is 0 Å². The molecule has 1 spiro atoms. The van der Waals surface area contributed by atoms with Crippen LogP contribution in [0, 0.1) is 0 Å². The largest absolute Gasteiger partial charge is 0.455 e. The van der Waals surface area contributed by atoms with E-state index in [0.717, 1.165) is 16.6 Å². The smallest absolute Gasteiger partial charge is 0.143 e. The monoisotopic (exact) mass is 687 g/mol. The SMILES string of the molecule is CC1(C)c2ccccc2-c2cc3c4ccccc4n(-c4cccc5c4-c4ccccc4C54c5ccccc5-c5c4ccc4c5oc5ccccc54)c3cc21. The van der Waals surface area contributed by atoms with Crippen LogP contribution in [0.3, 0.4) is 0 Å². The average molecular weight is 688 g/mol. The Morgan fingerprint density at radius 2 is 1.04 bits per heavy atom. The summed E-state index contributed by atoms with van der Waals surface area (Å²) in [6, 6.07) is 61.2. The molecule has 0 N–H and O–H groups in total. The molecule has 0 bridgehead atoms. The first-order valence-electron chi connectivity index (χ1n) is 19.0. The fraction of sp³-hybridized carbons (Fsp3) is 0.0769. The highest BCUT2D eigenvalue weighted by Crippen LogP contribution is 2.65. The molecule has 2 nitrogen and oxygen atoms in total. The van der Waals surface area contributed by atoms with Crippen molar-refractivity contribution >= 4 is 43.7 Å². The fourth-order valence-corrected chi connectivity index (χ4v) is 11.0. The lowest BCUT2D eigenvalue weighted by atomic mass is 9.70. The Labute approximate surface area is 312 Å². The summed E-state index contributed by atoms with van der Waals surface area (Å²) in [5.41, 5.74) is 20.8. The Kier molecular flexibility index (Phi) is 5.17. The van der Waals surface area contributed by atoms with E-state index >= 15 is 0 Å². The Morgan fingerprint density at radius 3 is 1.85 bits per heavy atom. The van der Waals surface area contributed by atoms with Gasteiger partial charge < -0.3 is 8.98 Å². The highest BCUT2D eigenvalue weighted by Gasteiger charge is 2.53. The van der Waals surface area contributed by atoms with Crippen LogP contribution >= 0.6 is 0 Å². The third-order valence-corrected chi connectivity index (χ3v) is 13.2. The second-order valence-corrected chi connectivity index (χ2v) is 15.9. The number of fused-ring (bicyclic) bond motifs is 20. The van der Waals surface area contributed by atoms with Crippen LogP contribution in [0.5, 0.6) is 0 Å². The summed E-state index contributed by atoms with van der Waals surface area (Å²) in [5.74, 6) is 0. The van der Waals surface area contributed by atoms with Crippen molar-refractivity contribution in [3.63, 3.8) is 0 Å². The van der Waals surface area contributed by atoms with Crippen LogP contribution in [-0.4, -0.2) is 4.57 Å². The molecule has 8 aromatic carbocycles. The van der Waals surface area contributed by atoms with Gasteiger partial charge >= 0.3 is 0 Å². The van der Waals surface area contributed by atoms with Gasteiger partial charge in [0.1, 0.15) is 11.2 Å². The maximum absolute atomic E-state index is 6.78. The van der Waals surface area contributed by atoms with Crippen molar-refractivity contribution in [1.82, 2.24) is 4.57 Å². The van der Waals surface area contributed by atoms with Crippen molar-refractivity contribution in [2.75, 3.05) is 0 Å². The summed E-state index contributed by atoms with van der Waals surface area (Å²) in [5, 5.41) is 4.89. The Morgan fingerprint density at radius 1 is 0.407 bits per heavy atom. The van der Waals surface area contributed by atoms with Crippen LogP contribution in [0.1, 0.15) is 47.2 Å². The molecule has 0 aliphatic heterocycles. The first-order chi connectivity index (χ1) is 26.6. The Balaban J connectivity index is 1.16. The van der Waals surface area contributed by atoms with Gasteiger partial charge in [0.2, 0.25) is 0 Å². The van der Waals surface area contributed by atoms with Crippen LogP contribution in [0.4, 0.5) is 0 Å². The van der Waals surface area contributed by atoms with Gasteiger partial charge in [-0.15, -0.1) is 0 Å². The maximum Gasteiger partial charge on any atom is 0.143 e. The van der Waals surface area contributed by atoms with Gasteiger partial charge in [-0.25, -0.2) is 0 Å². The molecule has 2 aromatic heterocycles. The predicted octanol–water partition coefficient (Wildman–Crippen LogP) is 13.3. The van der Waals surface area contributed by atoms with Crippen molar-refractivity contribution in [3.05, 3.63) is 197 Å². The zero-order valence-corrected chi connectivity index (χ0v) is 29.9. The van der Waals surface area contributed by atoms with Gasteiger partial charge in [-0.1, -0.05) is 147 Å². The molecule has 0 amide bonds. The molecular formula is C52H33NO. The van der Waals surface area contributed by atoms with Crippen LogP contribution in [0.2, 0.25) is 0 Å². The molecule has 252 valence electrons. The van der Waals surface area contributed by atoms with Gasteiger partial charge in [0, 0.05) is 38.1 Å². The molecule has 0 radical (unpaired) electrons. The normalized spacial score (nSPS) is 16.9. The average Bonchev–Trinajstić information content (AvgIpc) is 3.97. The van der Waals surface area contributed by atoms with E-state index < -0.39 is 5.41 Å². The summed E-state index contributed by atoms with van der Waals surface area (Å²) in [6.07, 6.45) is 0. The molecule has 1 unspecified atom stereocenters. The van der Waals surface area contributed by atoms with Gasteiger partial charge in [-0.2, -0.15) is 0 Å². The third kappa shape index (κ3) is 3.19. The molecule has 3 aliphatic rings. The number of nitrogens with zero attached hydrogens (tertiary/aromatic N) is 1. The van der Waals surface area contributed by atoms with E-state index in [9.17, 15) is 0 Å². The van der Waals surface area contributed by atoms with Crippen molar-refractivity contribution < 1.29 is 4.42 Å². The van der Waals surface area contributed by atoms with Gasteiger partial charge in [-0.05, 0) is 86.0 Å². The van der Waals surface area contributed by atoms with Crippen molar-refractivity contribution in [2.24, 2.45) is 0 Å². The Hall–Kier alpha value is -6.64. The van der Waals surface area contributed by atoms with Crippen LogP contribution in [-0.2, 0) is 10.8 Å². The number of benzene rings is 8. The van der Waals surface area contributed by atoms with E-state index in [0.29, 0.717) is 0 Å². The summed E-state index contributed by atoms with van der Waals surface area (Å²) >= 11 is 0. The molecule has 0 saturated carbocycles. The standard InChI is InChI=1S/C52H33NO/c1-51(2)38-19-8-3-14-30(38)36-28-37-31-15-6-11-23-44(31)53(46(37)29-43(36)51)45-24-13-22-41-48(45)34-17-4-9-20-39(34)52(41)40-21-10-5-18-35(40)49-42(52)27-26-33-32-16-7-12-25-47(32)54-50(33)49/h3-29H,1-2H3. The zero-order chi connectivity index (χ0) is 35.5. The number of hydrogen-bond donors (Lipinski definition) is 0. The fourth-order valence-electron chi connectivity index (χ4n) is 11.0. The topological polar surface area (TPSA) is 18.1 Å². The van der Waals surface area contributed by atoms with E-state index in [-0.39, 0.29) is 5.41 Å². The summed E-state index contributed by atoms with van der Waals surface area (Å²) < 4.78 is 9.34. The molecule has 0 fully saturated rings. The van der Waals surface area contributed by atoms with Gasteiger partial charge in [0.25, 0.3) is 0 Å². The minimum atomic E-state index is -0.495. The highest BCUT2D eigenvalue weighted by atomic mass is 16.3. The molecular weight excluding hydrogens is 655 g/mol. The molecule has 2 heterocycles. The number of furan rings is 1. The molecule has 2 heteroatoms. The number of rotatable bonds is 1. The quantitative estimate of drug-likeness (QED) is 0.168. The molecule has 1 atom stereocenters. The molecule has 3 aliphatic carbocycles. The number of hydrogen-bond acceptors (Lipinski definition) is 1. The minimum Gasteiger partial charge on any atom is -0.455 e. The first-order valence-corrected chi connectivity index (χ1v) is 19.0. The van der Waals surface area contributed by atoms with Crippen molar-refractivity contribution in [2.45, 2.75) is 24.7 Å². The van der Waals surface area contributed by atoms with E-state index in [1.165, 1.54) is 99.6 Å². The predicted molar refractivity (Wildman–Crippen MR) is 222 cm³/mol. The highest BCUT2D eigenvalue weighted by molar-refractivity contribution is 6.15. The molecule has 10 aromatic rings. The lowest BCUT2D eigenvalue weighted by Crippen LogP contribution is -2.25. The summed E-state index contributed by atoms with van der Waals surface area (Å²) in [4.78, 5) is 0. The molecule has 13 rings (SSSR count). The van der Waals surface area contributed by atoms with Gasteiger partial charge in [0.05, 0.1) is 22.1 Å². The minimum absolute atomic E-state index is 0.101. The van der Waals surface area contributed by atoms with Gasteiger partial charge in [0.15, 0.2) is 0 Å². The van der Waals surface area contributed by atoms with Crippen LogP contribution in [0.15, 0.2) is 168 Å². The third-order valence-electron chi connectivity index (χ3n) is 13.2. The maximum atomic E-state index is 6.78. The first kappa shape index (κ1) is 28.9. The van der Waals surface area contributed by atoms with E-state index in [2.05, 4.69) is 182 Å². The molecule has 54 heavy (non-hydrogen) atoms. The molecule has 0 saturated heterocycles. The van der Waals surface area contributed by atoms with Crippen LogP contribution in [0.25, 0.3) is 82.8 Å². The summed E-state index contributed by atoms with van der Waals surface area (Å²) in [6.45, 7) is 4.76. The number of aromatic nitrogens is 1. The zero-order valence-electron chi connectivity index (χ0n) is 29.9. The van der Waals surface area contributed by atoms with Crippen molar-refractivity contribution in [1.29, 1.82) is 0 Å².